The van der Waals surface area contributed by atoms with E-state index in [1.807, 2.05) is 18.2 Å². The molecule has 1 aromatic carbocycles. The van der Waals surface area contributed by atoms with Crippen molar-refractivity contribution in [2.24, 2.45) is 5.73 Å². The molecule has 2 nitrogen and oxygen atoms in total. The number of benzene rings is 1. The summed E-state index contributed by atoms with van der Waals surface area (Å²) in [4.78, 5) is 0. The van der Waals surface area contributed by atoms with E-state index in [1.165, 1.54) is 12.0 Å². The number of hydrogen-bond acceptors (Lipinski definition) is 2. The zero-order chi connectivity index (χ0) is 11.4. The van der Waals surface area contributed by atoms with E-state index < -0.39 is 0 Å². The monoisotopic (exact) mass is 239 g/mol. The fourth-order valence-corrected chi connectivity index (χ4v) is 2.43. The van der Waals surface area contributed by atoms with Crippen LogP contribution >= 0.6 is 11.6 Å². The van der Waals surface area contributed by atoms with Crippen LogP contribution in [0.2, 0.25) is 5.02 Å². The van der Waals surface area contributed by atoms with Crippen LogP contribution in [-0.2, 0) is 11.2 Å². The quantitative estimate of drug-likeness (QED) is 0.877. The summed E-state index contributed by atoms with van der Waals surface area (Å²) in [5.74, 6) is 0. The Balaban J connectivity index is 1.84. The van der Waals surface area contributed by atoms with Crippen molar-refractivity contribution in [2.45, 2.75) is 37.8 Å². The van der Waals surface area contributed by atoms with Gasteiger partial charge in [-0.1, -0.05) is 23.7 Å². The first-order valence-corrected chi connectivity index (χ1v) is 6.23. The van der Waals surface area contributed by atoms with Crippen LogP contribution in [0.3, 0.4) is 0 Å². The van der Waals surface area contributed by atoms with Crippen LogP contribution in [0.4, 0.5) is 0 Å². The van der Waals surface area contributed by atoms with E-state index in [0.717, 1.165) is 30.9 Å². The molecular formula is C13H18ClNO. The number of ether oxygens (including phenoxy) is 1. The van der Waals surface area contributed by atoms with Crippen LogP contribution in [-0.4, -0.2) is 18.8 Å². The zero-order valence-corrected chi connectivity index (χ0v) is 10.1. The summed E-state index contributed by atoms with van der Waals surface area (Å²) in [6.45, 7) is 0.897. The summed E-state index contributed by atoms with van der Waals surface area (Å²) in [7, 11) is 0. The third-order valence-corrected chi connectivity index (χ3v) is 3.21. The third-order valence-electron chi connectivity index (χ3n) is 2.98. The molecule has 2 rings (SSSR count). The molecule has 0 saturated carbocycles. The maximum Gasteiger partial charge on any atom is 0.0590 e. The first-order valence-electron chi connectivity index (χ1n) is 5.85. The van der Waals surface area contributed by atoms with E-state index in [4.69, 9.17) is 22.1 Å². The zero-order valence-electron chi connectivity index (χ0n) is 9.36. The Morgan fingerprint density at radius 2 is 2.38 bits per heavy atom. The van der Waals surface area contributed by atoms with Crippen molar-refractivity contribution in [3.8, 4) is 0 Å². The molecule has 2 atom stereocenters. The molecule has 0 spiro atoms. The highest BCUT2D eigenvalue weighted by Gasteiger charge is 2.18. The second kappa shape index (κ2) is 5.67. The highest BCUT2D eigenvalue weighted by molar-refractivity contribution is 6.30. The van der Waals surface area contributed by atoms with Gasteiger partial charge in [0.1, 0.15) is 0 Å². The van der Waals surface area contributed by atoms with Gasteiger partial charge >= 0.3 is 0 Å². The average molecular weight is 240 g/mol. The van der Waals surface area contributed by atoms with E-state index in [1.54, 1.807) is 0 Å². The fraction of sp³-hybridized carbons (Fsp3) is 0.538. The summed E-state index contributed by atoms with van der Waals surface area (Å²) >= 11 is 5.93. The predicted molar refractivity (Wildman–Crippen MR) is 66.7 cm³/mol. The van der Waals surface area contributed by atoms with E-state index in [9.17, 15) is 0 Å². The maximum absolute atomic E-state index is 6.11. The summed E-state index contributed by atoms with van der Waals surface area (Å²) in [5.41, 5.74) is 7.32. The van der Waals surface area contributed by atoms with Crippen molar-refractivity contribution in [1.29, 1.82) is 0 Å². The van der Waals surface area contributed by atoms with Gasteiger partial charge in [-0.25, -0.2) is 0 Å². The second-order valence-electron chi connectivity index (χ2n) is 4.46. The molecular weight excluding hydrogens is 222 g/mol. The van der Waals surface area contributed by atoms with Gasteiger partial charge in [-0.05, 0) is 43.4 Å². The minimum absolute atomic E-state index is 0.168. The Morgan fingerprint density at radius 3 is 3.06 bits per heavy atom. The largest absolute Gasteiger partial charge is 0.378 e. The maximum atomic E-state index is 6.11. The molecule has 0 aromatic heterocycles. The molecule has 2 unspecified atom stereocenters. The molecule has 1 aliphatic rings. The molecule has 1 saturated heterocycles. The van der Waals surface area contributed by atoms with Gasteiger partial charge in [0.25, 0.3) is 0 Å². The van der Waals surface area contributed by atoms with Crippen molar-refractivity contribution in [3.05, 3.63) is 34.9 Å². The molecule has 3 heteroatoms. The predicted octanol–water partition coefficient (Wildman–Crippen LogP) is 2.78. The average Bonchev–Trinajstić information content (AvgIpc) is 2.70. The van der Waals surface area contributed by atoms with Crippen LogP contribution < -0.4 is 5.73 Å². The lowest BCUT2D eigenvalue weighted by Gasteiger charge is -2.16. The molecule has 16 heavy (non-hydrogen) atoms. The van der Waals surface area contributed by atoms with Gasteiger partial charge in [-0.2, -0.15) is 0 Å². The molecule has 0 aliphatic carbocycles. The Bertz CT molecular complexity index is 336. The van der Waals surface area contributed by atoms with Gasteiger partial charge in [0, 0.05) is 17.7 Å². The number of rotatable bonds is 4. The Morgan fingerprint density at radius 1 is 1.50 bits per heavy atom. The smallest absolute Gasteiger partial charge is 0.0590 e. The SMILES string of the molecule is NC(Cc1cccc(Cl)c1)CC1CCCO1. The van der Waals surface area contributed by atoms with E-state index >= 15 is 0 Å². The second-order valence-corrected chi connectivity index (χ2v) is 4.90. The molecule has 0 radical (unpaired) electrons. The minimum atomic E-state index is 0.168. The van der Waals surface area contributed by atoms with Crippen LogP contribution in [0.25, 0.3) is 0 Å². The Hall–Kier alpha value is -0.570. The fourth-order valence-electron chi connectivity index (χ4n) is 2.22. The van der Waals surface area contributed by atoms with Crippen LogP contribution in [0.15, 0.2) is 24.3 Å². The summed E-state index contributed by atoms with van der Waals surface area (Å²) in [6.07, 6.45) is 4.53. The van der Waals surface area contributed by atoms with E-state index in [0.29, 0.717) is 6.10 Å². The third kappa shape index (κ3) is 3.48. The Labute approximate surface area is 102 Å². The van der Waals surface area contributed by atoms with Crippen molar-refractivity contribution in [3.63, 3.8) is 0 Å². The molecule has 0 bridgehead atoms. The van der Waals surface area contributed by atoms with Crippen molar-refractivity contribution in [1.82, 2.24) is 0 Å². The first kappa shape index (κ1) is 11.9. The number of nitrogens with two attached hydrogens (primary N) is 1. The van der Waals surface area contributed by atoms with Gasteiger partial charge in [0.05, 0.1) is 6.10 Å². The summed E-state index contributed by atoms with van der Waals surface area (Å²) in [5, 5.41) is 0.779. The molecule has 2 N–H and O–H groups in total. The molecule has 1 fully saturated rings. The lowest BCUT2D eigenvalue weighted by atomic mass is 10.0. The van der Waals surface area contributed by atoms with E-state index in [2.05, 4.69) is 6.07 Å². The van der Waals surface area contributed by atoms with Gasteiger partial charge in [-0.15, -0.1) is 0 Å². The molecule has 1 aromatic rings. The molecule has 0 amide bonds. The van der Waals surface area contributed by atoms with E-state index in [-0.39, 0.29) is 6.04 Å². The minimum Gasteiger partial charge on any atom is -0.378 e. The molecule has 88 valence electrons. The van der Waals surface area contributed by atoms with Crippen molar-refractivity contribution >= 4 is 11.6 Å². The summed E-state index contributed by atoms with van der Waals surface area (Å²) < 4.78 is 5.58. The van der Waals surface area contributed by atoms with Crippen molar-refractivity contribution in [2.75, 3.05) is 6.61 Å². The highest BCUT2D eigenvalue weighted by atomic mass is 35.5. The van der Waals surface area contributed by atoms with Gasteiger partial charge in [0.15, 0.2) is 0 Å². The number of halogens is 1. The lowest BCUT2D eigenvalue weighted by Crippen LogP contribution is -2.28. The van der Waals surface area contributed by atoms with Crippen LogP contribution in [0.5, 0.6) is 0 Å². The number of hydrogen-bond donors (Lipinski definition) is 1. The lowest BCUT2D eigenvalue weighted by molar-refractivity contribution is 0.0983. The van der Waals surface area contributed by atoms with Crippen LogP contribution in [0.1, 0.15) is 24.8 Å². The van der Waals surface area contributed by atoms with Gasteiger partial charge < -0.3 is 10.5 Å². The standard InChI is InChI=1S/C13H18ClNO/c14-11-4-1-3-10(7-11)8-12(15)9-13-5-2-6-16-13/h1,3-4,7,12-13H,2,5-6,8-9,15H2. The summed E-state index contributed by atoms with van der Waals surface area (Å²) in [6, 6.07) is 8.08. The molecule has 1 heterocycles. The molecule has 1 aliphatic heterocycles. The van der Waals surface area contributed by atoms with Gasteiger partial charge in [0.2, 0.25) is 0 Å². The first-order chi connectivity index (χ1) is 7.74. The normalized spacial score (nSPS) is 22.2. The van der Waals surface area contributed by atoms with Gasteiger partial charge in [-0.3, -0.25) is 0 Å². The topological polar surface area (TPSA) is 35.2 Å². The highest BCUT2D eigenvalue weighted by Crippen LogP contribution is 2.18. The Kier molecular flexibility index (Phi) is 4.22. The van der Waals surface area contributed by atoms with Crippen molar-refractivity contribution < 1.29 is 4.74 Å². The van der Waals surface area contributed by atoms with Crippen LogP contribution in [0, 0.1) is 0 Å².